The lowest BCUT2D eigenvalue weighted by Gasteiger charge is -2.29. The van der Waals surface area contributed by atoms with Gasteiger partial charge in [-0.2, -0.15) is 0 Å². The molecule has 4 heteroatoms. The Balaban J connectivity index is 2.27. The van der Waals surface area contributed by atoms with Crippen molar-refractivity contribution in [2.75, 3.05) is 12.4 Å². The molecule has 98 valence electrons. The highest BCUT2D eigenvalue weighted by Gasteiger charge is 2.42. The molecule has 0 aliphatic heterocycles. The fraction of sp³-hybridized carbons (Fsp3) is 0.500. The number of ether oxygens (including phenoxy) is 1. The molecule has 2 rings (SSSR count). The fourth-order valence-electron chi connectivity index (χ4n) is 2.70. The SMILES string of the molecule is COc1ccccc1NC1(C(N)=O)CCC(C)C1. The summed E-state index contributed by atoms with van der Waals surface area (Å²) in [5.41, 5.74) is 5.79. The standard InChI is InChI=1S/C14H20N2O2/c1-10-7-8-14(9-10,13(15)17)16-11-5-3-4-6-12(11)18-2/h3-6,10,16H,7-9H2,1-2H3,(H2,15,17). The second-order valence-electron chi connectivity index (χ2n) is 5.12. The molecule has 0 saturated heterocycles. The van der Waals surface area contributed by atoms with Crippen molar-refractivity contribution in [3.8, 4) is 5.75 Å². The van der Waals surface area contributed by atoms with Crippen LogP contribution in [0.5, 0.6) is 5.75 Å². The second kappa shape index (κ2) is 4.88. The van der Waals surface area contributed by atoms with Crippen LogP contribution in [0.4, 0.5) is 5.69 Å². The first-order valence-corrected chi connectivity index (χ1v) is 6.28. The average Bonchev–Trinajstić information content (AvgIpc) is 2.73. The molecular formula is C14H20N2O2. The number of primary amides is 1. The van der Waals surface area contributed by atoms with Crippen molar-refractivity contribution in [1.29, 1.82) is 0 Å². The lowest BCUT2D eigenvalue weighted by Crippen LogP contribution is -2.48. The number of benzene rings is 1. The molecule has 2 unspecified atom stereocenters. The van der Waals surface area contributed by atoms with Crippen LogP contribution in [0.2, 0.25) is 0 Å². The molecule has 1 amide bonds. The Kier molecular flexibility index (Phi) is 3.45. The largest absolute Gasteiger partial charge is 0.495 e. The third-order valence-corrected chi connectivity index (χ3v) is 3.71. The highest BCUT2D eigenvalue weighted by molar-refractivity contribution is 5.89. The minimum Gasteiger partial charge on any atom is -0.495 e. The monoisotopic (exact) mass is 248 g/mol. The number of nitrogens with two attached hydrogens (primary N) is 1. The van der Waals surface area contributed by atoms with Gasteiger partial charge >= 0.3 is 0 Å². The van der Waals surface area contributed by atoms with Gasteiger partial charge in [0, 0.05) is 0 Å². The van der Waals surface area contributed by atoms with Crippen LogP contribution in [0, 0.1) is 5.92 Å². The van der Waals surface area contributed by atoms with Crippen molar-refractivity contribution in [1.82, 2.24) is 0 Å². The summed E-state index contributed by atoms with van der Waals surface area (Å²) in [7, 11) is 1.62. The molecule has 0 aromatic heterocycles. The van der Waals surface area contributed by atoms with Gasteiger partial charge in [-0.3, -0.25) is 4.79 Å². The fourth-order valence-corrected chi connectivity index (χ4v) is 2.70. The van der Waals surface area contributed by atoms with Crippen LogP contribution in [0.1, 0.15) is 26.2 Å². The van der Waals surface area contributed by atoms with E-state index in [1.807, 2.05) is 24.3 Å². The molecule has 0 radical (unpaired) electrons. The zero-order chi connectivity index (χ0) is 13.2. The Morgan fingerprint density at radius 2 is 2.22 bits per heavy atom. The van der Waals surface area contributed by atoms with E-state index >= 15 is 0 Å². The third kappa shape index (κ3) is 2.28. The molecule has 1 fully saturated rings. The van der Waals surface area contributed by atoms with Gasteiger partial charge in [0.05, 0.1) is 12.8 Å². The normalized spacial score (nSPS) is 26.9. The summed E-state index contributed by atoms with van der Waals surface area (Å²) in [6, 6.07) is 7.60. The smallest absolute Gasteiger partial charge is 0.243 e. The van der Waals surface area contributed by atoms with Crippen LogP contribution in [0.15, 0.2) is 24.3 Å². The number of methoxy groups -OCH3 is 1. The van der Waals surface area contributed by atoms with Gasteiger partial charge < -0.3 is 15.8 Å². The summed E-state index contributed by atoms with van der Waals surface area (Å²) < 4.78 is 5.29. The van der Waals surface area contributed by atoms with Crippen LogP contribution in [-0.4, -0.2) is 18.6 Å². The number of rotatable bonds is 4. The minimum absolute atomic E-state index is 0.280. The Bertz CT molecular complexity index is 447. The molecular weight excluding hydrogens is 228 g/mol. The predicted octanol–water partition coefficient (Wildman–Crippen LogP) is 2.15. The first-order chi connectivity index (χ1) is 8.57. The van der Waals surface area contributed by atoms with Gasteiger partial charge in [-0.1, -0.05) is 19.1 Å². The lowest BCUT2D eigenvalue weighted by molar-refractivity contribution is -0.122. The summed E-state index contributed by atoms with van der Waals surface area (Å²) >= 11 is 0. The third-order valence-electron chi connectivity index (χ3n) is 3.71. The molecule has 1 aromatic carbocycles. The lowest BCUT2D eigenvalue weighted by atomic mass is 9.94. The number of para-hydroxylation sites is 2. The van der Waals surface area contributed by atoms with Crippen LogP contribution >= 0.6 is 0 Å². The van der Waals surface area contributed by atoms with Gasteiger partial charge in [0.15, 0.2) is 0 Å². The van der Waals surface area contributed by atoms with E-state index in [0.717, 1.165) is 30.7 Å². The van der Waals surface area contributed by atoms with Crippen molar-refractivity contribution >= 4 is 11.6 Å². The number of carbonyl (C=O) groups excluding carboxylic acids is 1. The molecule has 2 atom stereocenters. The van der Waals surface area contributed by atoms with Crippen molar-refractivity contribution in [3.05, 3.63) is 24.3 Å². The van der Waals surface area contributed by atoms with E-state index in [4.69, 9.17) is 10.5 Å². The summed E-state index contributed by atoms with van der Waals surface area (Å²) in [4.78, 5) is 11.8. The van der Waals surface area contributed by atoms with Gasteiger partial charge in [0.2, 0.25) is 5.91 Å². The second-order valence-corrected chi connectivity index (χ2v) is 5.12. The maximum atomic E-state index is 11.8. The Hall–Kier alpha value is -1.71. The predicted molar refractivity (Wildman–Crippen MR) is 71.6 cm³/mol. The maximum absolute atomic E-state index is 11.8. The molecule has 0 bridgehead atoms. The zero-order valence-corrected chi connectivity index (χ0v) is 10.9. The Labute approximate surface area is 108 Å². The number of nitrogens with one attached hydrogen (secondary N) is 1. The van der Waals surface area contributed by atoms with Crippen LogP contribution < -0.4 is 15.8 Å². The summed E-state index contributed by atoms with van der Waals surface area (Å²) in [5.74, 6) is 0.968. The molecule has 1 aromatic rings. The average molecular weight is 248 g/mol. The Morgan fingerprint density at radius 1 is 1.50 bits per heavy atom. The van der Waals surface area contributed by atoms with Crippen molar-refractivity contribution in [3.63, 3.8) is 0 Å². The van der Waals surface area contributed by atoms with E-state index in [1.165, 1.54) is 0 Å². The Morgan fingerprint density at radius 3 is 2.78 bits per heavy atom. The van der Waals surface area contributed by atoms with E-state index in [1.54, 1.807) is 7.11 Å². The van der Waals surface area contributed by atoms with E-state index in [0.29, 0.717) is 5.92 Å². The van der Waals surface area contributed by atoms with Gasteiger partial charge in [-0.15, -0.1) is 0 Å². The molecule has 0 heterocycles. The highest BCUT2D eigenvalue weighted by Crippen LogP contribution is 2.38. The molecule has 18 heavy (non-hydrogen) atoms. The molecule has 1 aliphatic rings. The van der Waals surface area contributed by atoms with Gasteiger partial charge in [0.1, 0.15) is 11.3 Å². The first-order valence-electron chi connectivity index (χ1n) is 6.28. The highest BCUT2D eigenvalue weighted by atomic mass is 16.5. The van der Waals surface area contributed by atoms with Crippen LogP contribution in [-0.2, 0) is 4.79 Å². The molecule has 1 saturated carbocycles. The topological polar surface area (TPSA) is 64.3 Å². The van der Waals surface area contributed by atoms with E-state index in [2.05, 4.69) is 12.2 Å². The van der Waals surface area contributed by atoms with Crippen molar-refractivity contribution in [2.45, 2.75) is 31.7 Å². The van der Waals surface area contributed by atoms with E-state index in [9.17, 15) is 4.79 Å². The first kappa shape index (κ1) is 12.7. The summed E-state index contributed by atoms with van der Waals surface area (Å²) in [6.07, 6.45) is 2.58. The summed E-state index contributed by atoms with van der Waals surface area (Å²) in [6.45, 7) is 2.15. The zero-order valence-electron chi connectivity index (χ0n) is 10.9. The molecule has 4 nitrogen and oxygen atoms in total. The van der Waals surface area contributed by atoms with Crippen molar-refractivity contribution < 1.29 is 9.53 Å². The molecule has 0 spiro atoms. The maximum Gasteiger partial charge on any atom is 0.243 e. The summed E-state index contributed by atoms with van der Waals surface area (Å²) in [5, 5.41) is 3.30. The van der Waals surface area contributed by atoms with Crippen molar-refractivity contribution in [2.24, 2.45) is 11.7 Å². The quantitative estimate of drug-likeness (QED) is 0.858. The van der Waals surface area contributed by atoms with Crippen LogP contribution in [0.25, 0.3) is 0 Å². The number of anilines is 1. The minimum atomic E-state index is -0.631. The number of hydrogen-bond donors (Lipinski definition) is 2. The number of carbonyl (C=O) groups is 1. The van der Waals surface area contributed by atoms with Crippen LogP contribution in [0.3, 0.4) is 0 Å². The number of amides is 1. The number of hydrogen-bond acceptors (Lipinski definition) is 3. The van der Waals surface area contributed by atoms with E-state index in [-0.39, 0.29) is 5.91 Å². The van der Waals surface area contributed by atoms with Gasteiger partial charge in [0.25, 0.3) is 0 Å². The molecule has 3 N–H and O–H groups in total. The van der Waals surface area contributed by atoms with Gasteiger partial charge in [-0.05, 0) is 37.3 Å². The van der Waals surface area contributed by atoms with Gasteiger partial charge in [-0.25, -0.2) is 0 Å². The van der Waals surface area contributed by atoms with E-state index < -0.39 is 5.54 Å². The molecule has 1 aliphatic carbocycles.